The first-order valence-corrected chi connectivity index (χ1v) is 7.34. The number of hydrogen-bond acceptors (Lipinski definition) is 5. The summed E-state index contributed by atoms with van der Waals surface area (Å²) in [6.45, 7) is 0. The minimum absolute atomic E-state index is 0.0986. The number of hydrogen-bond donors (Lipinski definition) is 2. The Morgan fingerprint density at radius 3 is 2.48 bits per heavy atom. The molecule has 0 aliphatic carbocycles. The standard InChI is InChI=1S/C15H10BrF2N5/c16-9-1-4-11(5-2-9)20-15-22-14(8-19-23-15)21-13-6-3-10(17)7-12(13)18/h1-8H,(H2,20,21,22,23). The molecule has 3 aromatic rings. The quantitative estimate of drug-likeness (QED) is 0.705. The van der Waals surface area contributed by atoms with Gasteiger partial charge in [0.05, 0.1) is 11.9 Å². The van der Waals surface area contributed by atoms with Gasteiger partial charge in [0.2, 0.25) is 5.95 Å². The molecule has 0 bridgehead atoms. The Morgan fingerprint density at radius 1 is 0.957 bits per heavy atom. The predicted octanol–water partition coefficient (Wildman–Crippen LogP) is 4.40. The van der Waals surface area contributed by atoms with Crippen molar-refractivity contribution in [3.63, 3.8) is 0 Å². The Hall–Kier alpha value is -2.61. The van der Waals surface area contributed by atoms with Crippen molar-refractivity contribution in [1.82, 2.24) is 15.2 Å². The summed E-state index contributed by atoms with van der Waals surface area (Å²) >= 11 is 3.35. The fourth-order valence-corrected chi connectivity index (χ4v) is 2.07. The summed E-state index contributed by atoms with van der Waals surface area (Å²) < 4.78 is 27.5. The smallest absolute Gasteiger partial charge is 0.249 e. The summed E-state index contributed by atoms with van der Waals surface area (Å²) in [4.78, 5) is 4.18. The Morgan fingerprint density at radius 2 is 1.74 bits per heavy atom. The fraction of sp³-hybridized carbons (Fsp3) is 0. The zero-order valence-electron chi connectivity index (χ0n) is 11.6. The first kappa shape index (κ1) is 15.3. The molecule has 1 heterocycles. The third-order valence-corrected chi connectivity index (χ3v) is 3.38. The van der Waals surface area contributed by atoms with Gasteiger partial charge in [0.15, 0.2) is 5.82 Å². The van der Waals surface area contributed by atoms with E-state index in [1.807, 2.05) is 24.3 Å². The van der Waals surface area contributed by atoms with E-state index in [4.69, 9.17) is 0 Å². The zero-order chi connectivity index (χ0) is 16.2. The lowest BCUT2D eigenvalue weighted by molar-refractivity contribution is 0.586. The maximum atomic E-state index is 13.6. The van der Waals surface area contributed by atoms with Crippen molar-refractivity contribution in [1.29, 1.82) is 0 Å². The molecule has 0 aliphatic heterocycles. The second kappa shape index (κ2) is 6.66. The van der Waals surface area contributed by atoms with Crippen LogP contribution in [0.2, 0.25) is 0 Å². The second-order valence-corrected chi connectivity index (χ2v) is 5.46. The summed E-state index contributed by atoms with van der Waals surface area (Å²) in [5.74, 6) is -0.831. The van der Waals surface area contributed by atoms with Gasteiger partial charge < -0.3 is 10.6 Å². The summed E-state index contributed by atoms with van der Waals surface area (Å²) in [7, 11) is 0. The van der Waals surface area contributed by atoms with E-state index in [1.54, 1.807) is 0 Å². The molecule has 0 saturated heterocycles. The molecule has 0 fully saturated rings. The summed E-state index contributed by atoms with van der Waals surface area (Å²) in [6, 6.07) is 10.6. The average molecular weight is 378 g/mol. The van der Waals surface area contributed by atoms with E-state index in [0.717, 1.165) is 22.3 Å². The normalized spacial score (nSPS) is 10.4. The molecule has 0 aliphatic rings. The van der Waals surface area contributed by atoms with Crippen molar-refractivity contribution in [3.8, 4) is 0 Å². The number of rotatable bonds is 4. The molecule has 23 heavy (non-hydrogen) atoms. The largest absolute Gasteiger partial charge is 0.336 e. The average Bonchev–Trinajstić information content (AvgIpc) is 2.53. The van der Waals surface area contributed by atoms with Gasteiger partial charge in [0.1, 0.15) is 11.6 Å². The highest BCUT2D eigenvalue weighted by Gasteiger charge is 2.06. The molecule has 0 spiro atoms. The number of halogens is 3. The van der Waals surface area contributed by atoms with Gasteiger partial charge in [-0.05, 0) is 36.4 Å². The maximum Gasteiger partial charge on any atom is 0.249 e. The molecule has 5 nitrogen and oxygen atoms in total. The SMILES string of the molecule is Fc1ccc(Nc2cnnc(Nc3ccc(Br)cc3)n2)c(F)c1. The molecule has 0 saturated carbocycles. The van der Waals surface area contributed by atoms with Crippen LogP contribution in [-0.4, -0.2) is 15.2 Å². The predicted molar refractivity (Wildman–Crippen MR) is 86.9 cm³/mol. The molecular formula is C15H10BrF2N5. The number of nitrogens with one attached hydrogen (secondary N) is 2. The van der Waals surface area contributed by atoms with Crippen molar-refractivity contribution in [2.75, 3.05) is 10.6 Å². The Labute approximate surface area is 138 Å². The van der Waals surface area contributed by atoms with Crippen LogP contribution in [0.3, 0.4) is 0 Å². The van der Waals surface area contributed by atoms with Gasteiger partial charge in [-0.15, -0.1) is 5.10 Å². The van der Waals surface area contributed by atoms with Crippen LogP contribution in [-0.2, 0) is 0 Å². The Bertz CT molecular complexity index is 826. The molecule has 3 rings (SSSR count). The van der Waals surface area contributed by atoms with Crippen molar-refractivity contribution < 1.29 is 8.78 Å². The van der Waals surface area contributed by atoms with Gasteiger partial charge in [0.25, 0.3) is 0 Å². The van der Waals surface area contributed by atoms with Gasteiger partial charge in [-0.3, -0.25) is 0 Å². The van der Waals surface area contributed by atoms with Crippen molar-refractivity contribution in [2.24, 2.45) is 0 Å². The van der Waals surface area contributed by atoms with Crippen LogP contribution in [0.15, 0.2) is 53.1 Å². The first-order chi connectivity index (χ1) is 11.1. The van der Waals surface area contributed by atoms with Gasteiger partial charge in [-0.2, -0.15) is 10.1 Å². The molecule has 0 amide bonds. The van der Waals surface area contributed by atoms with E-state index in [0.29, 0.717) is 0 Å². The van der Waals surface area contributed by atoms with Crippen LogP contribution >= 0.6 is 15.9 Å². The van der Waals surface area contributed by atoms with Crippen LogP contribution in [0.25, 0.3) is 0 Å². The third kappa shape index (κ3) is 3.98. The third-order valence-electron chi connectivity index (χ3n) is 2.85. The maximum absolute atomic E-state index is 13.6. The van der Waals surface area contributed by atoms with E-state index in [1.165, 1.54) is 12.3 Å². The first-order valence-electron chi connectivity index (χ1n) is 6.54. The molecule has 1 aromatic heterocycles. The highest BCUT2D eigenvalue weighted by Crippen LogP contribution is 2.21. The van der Waals surface area contributed by atoms with Gasteiger partial charge in [-0.25, -0.2) is 8.78 Å². The highest BCUT2D eigenvalue weighted by molar-refractivity contribution is 9.10. The van der Waals surface area contributed by atoms with Crippen LogP contribution in [0.4, 0.5) is 31.9 Å². The Balaban J connectivity index is 1.78. The molecule has 2 N–H and O–H groups in total. The summed E-state index contributed by atoms with van der Waals surface area (Å²) in [6.07, 6.45) is 1.34. The minimum Gasteiger partial charge on any atom is -0.336 e. The van der Waals surface area contributed by atoms with Gasteiger partial charge in [0, 0.05) is 16.2 Å². The molecule has 0 unspecified atom stereocenters. The molecular weight excluding hydrogens is 368 g/mol. The topological polar surface area (TPSA) is 62.7 Å². The van der Waals surface area contributed by atoms with Crippen LogP contribution < -0.4 is 10.6 Å². The van der Waals surface area contributed by atoms with E-state index in [9.17, 15) is 8.78 Å². The molecule has 8 heteroatoms. The Kier molecular flexibility index (Phi) is 4.42. The molecule has 116 valence electrons. The van der Waals surface area contributed by atoms with E-state index in [-0.39, 0.29) is 17.5 Å². The van der Waals surface area contributed by atoms with Gasteiger partial charge in [-0.1, -0.05) is 15.9 Å². The van der Waals surface area contributed by atoms with Crippen molar-refractivity contribution in [2.45, 2.75) is 0 Å². The number of anilines is 4. The second-order valence-electron chi connectivity index (χ2n) is 4.55. The number of benzene rings is 2. The number of nitrogens with zero attached hydrogens (tertiary/aromatic N) is 3. The fourth-order valence-electron chi connectivity index (χ4n) is 1.81. The van der Waals surface area contributed by atoms with E-state index < -0.39 is 11.6 Å². The van der Waals surface area contributed by atoms with E-state index in [2.05, 4.69) is 41.7 Å². The minimum atomic E-state index is -0.717. The monoisotopic (exact) mass is 377 g/mol. The lowest BCUT2D eigenvalue weighted by Gasteiger charge is -2.08. The summed E-state index contributed by atoms with van der Waals surface area (Å²) in [5, 5.41) is 13.4. The summed E-state index contributed by atoms with van der Waals surface area (Å²) in [5.41, 5.74) is 0.876. The molecule has 2 aromatic carbocycles. The van der Waals surface area contributed by atoms with Crippen LogP contribution in [0, 0.1) is 11.6 Å². The molecule has 0 atom stereocenters. The van der Waals surface area contributed by atoms with Crippen LogP contribution in [0.5, 0.6) is 0 Å². The molecule has 0 radical (unpaired) electrons. The van der Waals surface area contributed by atoms with Crippen molar-refractivity contribution in [3.05, 3.63) is 64.8 Å². The van der Waals surface area contributed by atoms with Crippen molar-refractivity contribution >= 4 is 39.1 Å². The lowest BCUT2D eigenvalue weighted by atomic mass is 10.3. The number of aromatic nitrogens is 3. The van der Waals surface area contributed by atoms with E-state index >= 15 is 0 Å². The lowest BCUT2D eigenvalue weighted by Crippen LogP contribution is -2.03. The highest BCUT2D eigenvalue weighted by atomic mass is 79.9. The van der Waals surface area contributed by atoms with Gasteiger partial charge >= 0.3 is 0 Å². The zero-order valence-corrected chi connectivity index (χ0v) is 13.2. The van der Waals surface area contributed by atoms with Crippen LogP contribution in [0.1, 0.15) is 0 Å².